The standard InChI is InChI=1S/C15H21NO2/c1-12-5-4-6-13(9-12)14(17)10-16-7-8-18-15(2,3)11-16/h4-6,9H,7-8,10-11H2,1-3H3. The molecule has 0 aromatic heterocycles. The molecule has 18 heavy (non-hydrogen) atoms. The van der Waals surface area contributed by atoms with Crippen molar-refractivity contribution in [3.05, 3.63) is 35.4 Å². The third kappa shape index (κ3) is 3.40. The predicted molar refractivity (Wildman–Crippen MR) is 72.0 cm³/mol. The van der Waals surface area contributed by atoms with Gasteiger partial charge in [-0.1, -0.05) is 23.8 Å². The molecule has 1 aliphatic rings. The predicted octanol–water partition coefficient (Wildman–Crippen LogP) is 2.29. The van der Waals surface area contributed by atoms with Crippen molar-refractivity contribution in [2.24, 2.45) is 0 Å². The van der Waals surface area contributed by atoms with Gasteiger partial charge >= 0.3 is 0 Å². The Labute approximate surface area is 109 Å². The Morgan fingerprint density at radius 2 is 2.22 bits per heavy atom. The van der Waals surface area contributed by atoms with E-state index in [2.05, 4.69) is 18.7 Å². The summed E-state index contributed by atoms with van der Waals surface area (Å²) in [5, 5.41) is 0. The fraction of sp³-hybridized carbons (Fsp3) is 0.533. The minimum Gasteiger partial charge on any atom is -0.373 e. The van der Waals surface area contributed by atoms with Gasteiger partial charge in [0, 0.05) is 18.7 Å². The second kappa shape index (κ2) is 5.21. The average Bonchev–Trinajstić information content (AvgIpc) is 2.27. The molecule has 1 fully saturated rings. The number of morpholine rings is 1. The van der Waals surface area contributed by atoms with Crippen LogP contribution in [0.3, 0.4) is 0 Å². The lowest BCUT2D eigenvalue weighted by Gasteiger charge is -2.37. The first-order valence-corrected chi connectivity index (χ1v) is 6.42. The average molecular weight is 247 g/mol. The molecule has 1 aliphatic heterocycles. The van der Waals surface area contributed by atoms with E-state index < -0.39 is 0 Å². The van der Waals surface area contributed by atoms with Gasteiger partial charge in [0.1, 0.15) is 0 Å². The van der Waals surface area contributed by atoms with Gasteiger partial charge in [-0.15, -0.1) is 0 Å². The fourth-order valence-electron chi connectivity index (χ4n) is 2.36. The Bertz CT molecular complexity index is 440. The highest BCUT2D eigenvalue weighted by atomic mass is 16.5. The second-order valence-corrected chi connectivity index (χ2v) is 5.61. The quantitative estimate of drug-likeness (QED) is 0.768. The maximum Gasteiger partial charge on any atom is 0.176 e. The zero-order valence-electron chi connectivity index (χ0n) is 11.4. The third-order valence-corrected chi connectivity index (χ3v) is 3.21. The Morgan fingerprint density at radius 3 is 2.89 bits per heavy atom. The van der Waals surface area contributed by atoms with E-state index in [1.54, 1.807) is 0 Å². The van der Waals surface area contributed by atoms with E-state index in [0.717, 1.165) is 24.2 Å². The summed E-state index contributed by atoms with van der Waals surface area (Å²) in [6.45, 7) is 8.97. The zero-order chi connectivity index (χ0) is 13.2. The normalized spacial score (nSPS) is 19.7. The van der Waals surface area contributed by atoms with E-state index in [9.17, 15) is 4.79 Å². The summed E-state index contributed by atoms with van der Waals surface area (Å²) in [6.07, 6.45) is 0. The van der Waals surface area contributed by atoms with E-state index in [1.807, 2.05) is 31.2 Å². The van der Waals surface area contributed by atoms with Gasteiger partial charge in [0.05, 0.1) is 18.8 Å². The molecule has 0 unspecified atom stereocenters. The maximum atomic E-state index is 12.2. The lowest BCUT2D eigenvalue weighted by Crippen LogP contribution is -2.49. The van der Waals surface area contributed by atoms with Gasteiger partial charge in [0.15, 0.2) is 5.78 Å². The third-order valence-electron chi connectivity index (χ3n) is 3.21. The van der Waals surface area contributed by atoms with Gasteiger partial charge in [0.2, 0.25) is 0 Å². The van der Waals surface area contributed by atoms with Crippen molar-refractivity contribution in [3.63, 3.8) is 0 Å². The van der Waals surface area contributed by atoms with Crippen molar-refractivity contribution in [1.82, 2.24) is 4.90 Å². The van der Waals surface area contributed by atoms with Crippen LogP contribution in [-0.2, 0) is 4.74 Å². The Hall–Kier alpha value is -1.19. The lowest BCUT2D eigenvalue weighted by atomic mass is 10.0. The topological polar surface area (TPSA) is 29.5 Å². The number of hydrogen-bond acceptors (Lipinski definition) is 3. The van der Waals surface area contributed by atoms with Gasteiger partial charge in [-0.05, 0) is 26.8 Å². The largest absolute Gasteiger partial charge is 0.373 e. The molecule has 98 valence electrons. The lowest BCUT2D eigenvalue weighted by molar-refractivity contribution is -0.0833. The van der Waals surface area contributed by atoms with E-state index in [-0.39, 0.29) is 11.4 Å². The molecule has 1 heterocycles. The summed E-state index contributed by atoms with van der Waals surface area (Å²) >= 11 is 0. The molecule has 0 atom stereocenters. The number of hydrogen-bond donors (Lipinski definition) is 0. The molecule has 1 saturated heterocycles. The Kier molecular flexibility index (Phi) is 3.83. The first kappa shape index (κ1) is 13.2. The monoisotopic (exact) mass is 247 g/mol. The van der Waals surface area contributed by atoms with Crippen molar-refractivity contribution in [2.45, 2.75) is 26.4 Å². The summed E-state index contributed by atoms with van der Waals surface area (Å²) in [6, 6.07) is 7.79. The molecular weight excluding hydrogens is 226 g/mol. The van der Waals surface area contributed by atoms with Gasteiger partial charge < -0.3 is 4.74 Å². The first-order chi connectivity index (χ1) is 8.46. The molecule has 1 aromatic carbocycles. The van der Waals surface area contributed by atoms with Crippen LogP contribution in [0.1, 0.15) is 29.8 Å². The summed E-state index contributed by atoms with van der Waals surface area (Å²) in [5.41, 5.74) is 1.79. The van der Waals surface area contributed by atoms with Crippen LogP contribution in [0.25, 0.3) is 0 Å². The van der Waals surface area contributed by atoms with E-state index >= 15 is 0 Å². The van der Waals surface area contributed by atoms with Gasteiger partial charge in [0.25, 0.3) is 0 Å². The van der Waals surface area contributed by atoms with Crippen LogP contribution in [0, 0.1) is 6.92 Å². The highest BCUT2D eigenvalue weighted by Gasteiger charge is 2.28. The van der Waals surface area contributed by atoms with E-state index in [1.165, 1.54) is 0 Å². The molecule has 3 heteroatoms. The summed E-state index contributed by atoms with van der Waals surface area (Å²) < 4.78 is 5.65. The molecule has 3 nitrogen and oxygen atoms in total. The van der Waals surface area contributed by atoms with Crippen LogP contribution in [0.4, 0.5) is 0 Å². The highest BCUT2D eigenvalue weighted by Crippen LogP contribution is 2.16. The van der Waals surface area contributed by atoms with Crippen molar-refractivity contribution in [2.75, 3.05) is 26.2 Å². The van der Waals surface area contributed by atoms with Crippen LogP contribution >= 0.6 is 0 Å². The molecule has 0 spiro atoms. The number of nitrogens with zero attached hydrogens (tertiary/aromatic N) is 1. The van der Waals surface area contributed by atoms with Crippen LogP contribution in [0.2, 0.25) is 0 Å². The van der Waals surface area contributed by atoms with Gasteiger partial charge in [-0.2, -0.15) is 0 Å². The van der Waals surface area contributed by atoms with E-state index in [4.69, 9.17) is 4.74 Å². The van der Waals surface area contributed by atoms with Crippen LogP contribution in [-0.4, -0.2) is 42.5 Å². The molecule has 1 aromatic rings. The van der Waals surface area contributed by atoms with Gasteiger partial charge in [-0.3, -0.25) is 9.69 Å². The Balaban J connectivity index is 1.99. The highest BCUT2D eigenvalue weighted by molar-refractivity contribution is 5.97. The molecule has 0 amide bonds. The molecule has 0 radical (unpaired) electrons. The SMILES string of the molecule is Cc1cccc(C(=O)CN2CCOC(C)(C)C2)c1. The van der Waals surface area contributed by atoms with Crippen molar-refractivity contribution < 1.29 is 9.53 Å². The maximum absolute atomic E-state index is 12.2. The smallest absolute Gasteiger partial charge is 0.176 e. The molecule has 2 rings (SSSR count). The molecule has 0 aliphatic carbocycles. The zero-order valence-corrected chi connectivity index (χ0v) is 11.4. The van der Waals surface area contributed by atoms with Gasteiger partial charge in [-0.25, -0.2) is 0 Å². The number of Topliss-reactive ketones (excluding diaryl/α,β-unsaturated/α-hetero) is 1. The van der Waals surface area contributed by atoms with Crippen molar-refractivity contribution >= 4 is 5.78 Å². The molecular formula is C15H21NO2. The summed E-state index contributed by atoms with van der Waals surface area (Å²) in [7, 11) is 0. The minimum atomic E-state index is -0.148. The van der Waals surface area contributed by atoms with Crippen LogP contribution in [0.5, 0.6) is 0 Å². The van der Waals surface area contributed by atoms with Crippen molar-refractivity contribution in [1.29, 1.82) is 0 Å². The number of carbonyl (C=O) groups is 1. The van der Waals surface area contributed by atoms with E-state index in [0.29, 0.717) is 13.2 Å². The molecule has 0 saturated carbocycles. The first-order valence-electron chi connectivity index (χ1n) is 6.42. The minimum absolute atomic E-state index is 0.148. The number of rotatable bonds is 3. The number of ketones is 1. The number of ether oxygens (including phenoxy) is 1. The molecule has 0 N–H and O–H groups in total. The Morgan fingerprint density at radius 1 is 1.44 bits per heavy atom. The number of benzene rings is 1. The van der Waals surface area contributed by atoms with Crippen LogP contribution < -0.4 is 0 Å². The second-order valence-electron chi connectivity index (χ2n) is 5.61. The van der Waals surface area contributed by atoms with Crippen molar-refractivity contribution in [3.8, 4) is 0 Å². The molecule has 0 bridgehead atoms. The summed E-state index contributed by atoms with van der Waals surface area (Å²) in [5.74, 6) is 0.191. The summed E-state index contributed by atoms with van der Waals surface area (Å²) in [4.78, 5) is 14.4. The fourth-order valence-corrected chi connectivity index (χ4v) is 2.36. The van der Waals surface area contributed by atoms with Crippen LogP contribution in [0.15, 0.2) is 24.3 Å². The number of aryl methyl sites for hydroxylation is 1. The number of carbonyl (C=O) groups excluding carboxylic acids is 1.